The zero-order chi connectivity index (χ0) is 12.8. The van der Waals surface area contributed by atoms with Gasteiger partial charge in [-0.05, 0) is 29.8 Å². The minimum Gasteiger partial charge on any atom is -0.488 e. The summed E-state index contributed by atoms with van der Waals surface area (Å²) in [4.78, 5) is 0. The Morgan fingerprint density at radius 2 is 1.78 bits per heavy atom. The Labute approximate surface area is 106 Å². The van der Waals surface area contributed by atoms with Crippen molar-refractivity contribution in [3.05, 3.63) is 65.5 Å². The van der Waals surface area contributed by atoms with Gasteiger partial charge in [0.15, 0.2) is 0 Å². The van der Waals surface area contributed by atoms with Crippen LogP contribution in [-0.4, -0.2) is 7.05 Å². The van der Waals surface area contributed by atoms with Crippen LogP contribution in [0.15, 0.2) is 48.5 Å². The molecule has 0 saturated carbocycles. The molecule has 0 saturated heterocycles. The molecule has 0 atom stereocenters. The molecule has 0 aliphatic heterocycles. The van der Waals surface area contributed by atoms with Gasteiger partial charge in [-0.1, -0.05) is 24.3 Å². The van der Waals surface area contributed by atoms with Crippen molar-refractivity contribution in [2.24, 2.45) is 0 Å². The second-order valence-electron chi connectivity index (χ2n) is 4.14. The van der Waals surface area contributed by atoms with Crippen LogP contribution in [0.1, 0.15) is 11.1 Å². The van der Waals surface area contributed by atoms with Crippen molar-refractivity contribution in [3.8, 4) is 5.75 Å². The van der Waals surface area contributed by atoms with Gasteiger partial charge in [-0.15, -0.1) is 0 Å². The monoisotopic (exact) mass is 246 g/mol. The molecule has 2 aromatic rings. The van der Waals surface area contributed by atoms with E-state index < -0.39 is 0 Å². The lowest BCUT2D eigenvalue weighted by atomic mass is 10.2. The topological polar surface area (TPSA) is 25.8 Å². The maximum absolute atomic E-state index is 12.8. The van der Waals surface area contributed by atoms with Gasteiger partial charge in [-0.25, -0.2) is 4.39 Å². The Bertz CT molecular complexity index is 496. The summed E-state index contributed by atoms with van der Waals surface area (Å²) in [7, 11) is 2.02. The molecule has 94 valence electrons. The molecular formula is C15H17FNO+. The molecule has 2 nitrogen and oxygen atoms in total. The van der Waals surface area contributed by atoms with Crippen LogP contribution < -0.4 is 10.1 Å². The van der Waals surface area contributed by atoms with Crippen molar-refractivity contribution in [3.63, 3.8) is 0 Å². The van der Waals surface area contributed by atoms with Crippen molar-refractivity contribution in [1.29, 1.82) is 0 Å². The fourth-order valence-corrected chi connectivity index (χ4v) is 1.77. The lowest BCUT2D eigenvalue weighted by Gasteiger charge is -2.10. The lowest BCUT2D eigenvalue weighted by molar-refractivity contribution is -0.643. The van der Waals surface area contributed by atoms with E-state index in [0.29, 0.717) is 6.61 Å². The van der Waals surface area contributed by atoms with Crippen LogP contribution in [0.4, 0.5) is 4.39 Å². The Kier molecular flexibility index (Phi) is 4.31. The van der Waals surface area contributed by atoms with E-state index in [-0.39, 0.29) is 5.82 Å². The first kappa shape index (κ1) is 12.6. The van der Waals surface area contributed by atoms with Gasteiger partial charge in [-0.2, -0.15) is 0 Å². The summed E-state index contributed by atoms with van der Waals surface area (Å²) < 4.78 is 18.5. The maximum atomic E-state index is 12.8. The number of nitrogens with two attached hydrogens (primary N) is 1. The van der Waals surface area contributed by atoms with E-state index in [1.165, 1.54) is 17.7 Å². The van der Waals surface area contributed by atoms with Crippen LogP contribution in [0.2, 0.25) is 0 Å². The molecule has 0 bridgehead atoms. The smallest absolute Gasteiger partial charge is 0.128 e. The normalized spacial score (nSPS) is 10.3. The quantitative estimate of drug-likeness (QED) is 0.859. The van der Waals surface area contributed by atoms with Crippen LogP contribution in [0.5, 0.6) is 5.75 Å². The second-order valence-corrected chi connectivity index (χ2v) is 4.14. The number of benzene rings is 2. The molecule has 0 spiro atoms. The van der Waals surface area contributed by atoms with Crippen molar-refractivity contribution in [2.45, 2.75) is 13.2 Å². The van der Waals surface area contributed by atoms with Crippen molar-refractivity contribution in [2.75, 3.05) is 7.05 Å². The minimum atomic E-state index is -0.222. The van der Waals surface area contributed by atoms with Crippen LogP contribution in [0.25, 0.3) is 0 Å². The Balaban J connectivity index is 2.03. The van der Waals surface area contributed by atoms with Crippen molar-refractivity contribution < 1.29 is 14.4 Å². The molecule has 0 aliphatic rings. The van der Waals surface area contributed by atoms with Crippen LogP contribution >= 0.6 is 0 Å². The second kappa shape index (κ2) is 6.17. The number of hydrogen-bond donors (Lipinski definition) is 1. The van der Waals surface area contributed by atoms with Gasteiger partial charge < -0.3 is 10.1 Å². The fourth-order valence-electron chi connectivity index (χ4n) is 1.77. The van der Waals surface area contributed by atoms with Gasteiger partial charge in [0.05, 0.1) is 7.05 Å². The SMILES string of the molecule is C[NH2+]Cc1ccccc1OCc1ccc(F)cc1. The summed E-state index contributed by atoms with van der Waals surface area (Å²) in [5.74, 6) is 0.666. The maximum Gasteiger partial charge on any atom is 0.128 e. The third kappa shape index (κ3) is 3.31. The number of hydrogen-bond acceptors (Lipinski definition) is 1. The molecule has 0 unspecified atom stereocenters. The van der Waals surface area contributed by atoms with Crippen LogP contribution in [0, 0.1) is 5.82 Å². The third-order valence-corrected chi connectivity index (χ3v) is 2.70. The molecule has 18 heavy (non-hydrogen) atoms. The molecule has 2 rings (SSSR count). The first-order valence-electron chi connectivity index (χ1n) is 6.02. The standard InChI is InChI=1S/C15H16FNO/c1-17-10-13-4-2-3-5-15(13)18-11-12-6-8-14(16)9-7-12/h2-9,17H,10-11H2,1H3/p+1. The first-order chi connectivity index (χ1) is 8.79. The first-order valence-corrected chi connectivity index (χ1v) is 6.02. The van der Waals surface area contributed by atoms with Gasteiger partial charge in [0.1, 0.15) is 24.7 Å². The molecule has 2 N–H and O–H groups in total. The number of halogens is 1. The molecule has 0 fully saturated rings. The average molecular weight is 246 g/mol. The zero-order valence-electron chi connectivity index (χ0n) is 10.4. The zero-order valence-corrected chi connectivity index (χ0v) is 10.4. The predicted octanol–water partition coefficient (Wildman–Crippen LogP) is 2.10. The highest BCUT2D eigenvalue weighted by molar-refractivity contribution is 5.32. The van der Waals surface area contributed by atoms with E-state index in [2.05, 4.69) is 11.4 Å². The summed E-state index contributed by atoms with van der Waals surface area (Å²) in [5.41, 5.74) is 2.13. The predicted molar refractivity (Wildman–Crippen MR) is 68.7 cm³/mol. The van der Waals surface area contributed by atoms with E-state index in [1.807, 2.05) is 25.2 Å². The fraction of sp³-hybridized carbons (Fsp3) is 0.200. The molecule has 0 radical (unpaired) electrons. The highest BCUT2D eigenvalue weighted by Crippen LogP contribution is 2.18. The van der Waals surface area contributed by atoms with Crippen LogP contribution in [0.3, 0.4) is 0 Å². The van der Waals surface area contributed by atoms with E-state index in [9.17, 15) is 4.39 Å². The summed E-state index contributed by atoms with van der Waals surface area (Å²) in [5, 5.41) is 2.10. The lowest BCUT2D eigenvalue weighted by Crippen LogP contribution is -2.77. The summed E-state index contributed by atoms with van der Waals surface area (Å²) in [6.07, 6.45) is 0. The third-order valence-electron chi connectivity index (χ3n) is 2.70. The molecule has 2 aromatic carbocycles. The van der Waals surface area contributed by atoms with E-state index >= 15 is 0 Å². The van der Waals surface area contributed by atoms with Gasteiger partial charge in [0.2, 0.25) is 0 Å². The molecule has 0 aliphatic carbocycles. The highest BCUT2D eigenvalue weighted by atomic mass is 19.1. The van der Waals surface area contributed by atoms with Crippen LogP contribution in [-0.2, 0) is 13.2 Å². The number of quaternary nitrogens is 1. The van der Waals surface area contributed by atoms with Crippen molar-refractivity contribution in [1.82, 2.24) is 0 Å². The van der Waals surface area contributed by atoms with E-state index in [0.717, 1.165) is 17.9 Å². The largest absolute Gasteiger partial charge is 0.488 e. The number of rotatable bonds is 5. The van der Waals surface area contributed by atoms with Gasteiger partial charge >= 0.3 is 0 Å². The molecule has 0 heterocycles. The molecule has 0 aromatic heterocycles. The summed E-state index contributed by atoms with van der Waals surface area (Å²) in [6, 6.07) is 14.4. The number of ether oxygens (including phenoxy) is 1. The van der Waals surface area contributed by atoms with Gasteiger partial charge in [0.25, 0.3) is 0 Å². The van der Waals surface area contributed by atoms with E-state index in [4.69, 9.17) is 4.74 Å². The van der Waals surface area contributed by atoms with Gasteiger partial charge in [0, 0.05) is 5.56 Å². The van der Waals surface area contributed by atoms with Gasteiger partial charge in [-0.3, -0.25) is 0 Å². The van der Waals surface area contributed by atoms with E-state index in [1.54, 1.807) is 12.1 Å². The van der Waals surface area contributed by atoms with Crippen molar-refractivity contribution >= 4 is 0 Å². The molecule has 3 heteroatoms. The molecule has 0 amide bonds. The Hall–Kier alpha value is -1.87. The number of para-hydroxylation sites is 1. The Morgan fingerprint density at radius 1 is 1.06 bits per heavy atom. The molecular weight excluding hydrogens is 229 g/mol. The Morgan fingerprint density at radius 3 is 2.50 bits per heavy atom. The average Bonchev–Trinajstić information content (AvgIpc) is 2.40. The minimum absolute atomic E-state index is 0.222. The summed E-state index contributed by atoms with van der Waals surface area (Å²) in [6.45, 7) is 1.35. The highest BCUT2D eigenvalue weighted by Gasteiger charge is 2.04. The summed E-state index contributed by atoms with van der Waals surface area (Å²) >= 11 is 0.